The number of rotatable bonds is 2. The average Bonchev–Trinajstić information content (AvgIpc) is 2.36. The van der Waals surface area contributed by atoms with Crippen LogP contribution >= 0.6 is 27.5 Å². The summed E-state index contributed by atoms with van der Waals surface area (Å²) in [6.45, 7) is 0.599. The van der Waals surface area contributed by atoms with Gasteiger partial charge in [0.1, 0.15) is 0 Å². The summed E-state index contributed by atoms with van der Waals surface area (Å²) in [6, 6.07) is 3.57. The number of hydrogen-bond donors (Lipinski definition) is 1. The number of nitrogens with two attached hydrogens (primary N) is 1. The largest absolute Gasteiger partial charge is 0.330 e. The Hall–Kier alpha value is -0.120. The van der Waals surface area contributed by atoms with E-state index in [9.17, 15) is 4.39 Å². The molecule has 2 rings (SSSR count). The molecule has 4 heteroatoms. The van der Waals surface area contributed by atoms with Crippen LogP contribution in [-0.4, -0.2) is 6.54 Å². The second-order valence-corrected chi connectivity index (χ2v) is 6.06. The standard InChI is InChI=1S/C13H16BrClFN/c14-10-6-9(7-11(15)12(10)16)13(8-17)4-2-1-3-5-13/h6-7H,1-5,8,17H2. The van der Waals surface area contributed by atoms with E-state index in [-0.39, 0.29) is 10.4 Å². The van der Waals surface area contributed by atoms with Gasteiger partial charge < -0.3 is 5.73 Å². The molecule has 0 aromatic heterocycles. The molecular formula is C13H16BrClFN. The van der Waals surface area contributed by atoms with Crippen LogP contribution in [0.2, 0.25) is 5.02 Å². The molecule has 0 amide bonds. The first-order chi connectivity index (χ1) is 8.09. The Morgan fingerprint density at radius 2 is 1.94 bits per heavy atom. The van der Waals surface area contributed by atoms with Crippen molar-refractivity contribution in [2.24, 2.45) is 5.73 Å². The molecule has 0 heterocycles. The SMILES string of the molecule is NCC1(c2cc(Cl)c(F)c(Br)c2)CCCCC1. The molecule has 0 aliphatic heterocycles. The Kier molecular flexibility index (Phi) is 4.11. The Morgan fingerprint density at radius 1 is 1.29 bits per heavy atom. The van der Waals surface area contributed by atoms with Gasteiger partial charge in [0.2, 0.25) is 0 Å². The summed E-state index contributed by atoms with van der Waals surface area (Å²) in [5, 5.41) is 0.174. The molecule has 0 bridgehead atoms. The van der Waals surface area contributed by atoms with Crippen molar-refractivity contribution in [3.8, 4) is 0 Å². The van der Waals surface area contributed by atoms with Crippen LogP contribution in [0.5, 0.6) is 0 Å². The lowest BCUT2D eigenvalue weighted by Gasteiger charge is -2.37. The number of halogens is 3. The molecule has 1 aliphatic carbocycles. The molecule has 0 saturated heterocycles. The Labute approximate surface area is 115 Å². The predicted molar refractivity (Wildman–Crippen MR) is 72.9 cm³/mol. The van der Waals surface area contributed by atoms with Gasteiger partial charge in [0.25, 0.3) is 0 Å². The zero-order valence-corrected chi connectivity index (χ0v) is 12.0. The lowest BCUT2D eigenvalue weighted by molar-refractivity contribution is 0.300. The van der Waals surface area contributed by atoms with Gasteiger partial charge in [0.05, 0.1) is 9.50 Å². The highest BCUT2D eigenvalue weighted by molar-refractivity contribution is 9.10. The third kappa shape index (κ3) is 2.51. The normalized spacial score (nSPS) is 19.3. The zero-order valence-electron chi connectivity index (χ0n) is 9.61. The Bertz CT molecular complexity index is 393. The van der Waals surface area contributed by atoms with E-state index in [0.717, 1.165) is 18.4 Å². The first kappa shape index (κ1) is 13.3. The van der Waals surface area contributed by atoms with Crippen LogP contribution < -0.4 is 5.73 Å². The maximum atomic E-state index is 13.5. The highest BCUT2D eigenvalue weighted by Crippen LogP contribution is 2.41. The quantitative estimate of drug-likeness (QED) is 0.803. The maximum Gasteiger partial charge on any atom is 0.155 e. The highest BCUT2D eigenvalue weighted by Gasteiger charge is 2.33. The van der Waals surface area contributed by atoms with E-state index >= 15 is 0 Å². The molecule has 1 aromatic rings. The van der Waals surface area contributed by atoms with Gasteiger partial charge >= 0.3 is 0 Å². The Morgan fingerprint density at radius 3 is 2.47 bits per heavy atom. The fraction of sp³-hybridized carbons (Fsp3) is 0.538. The summed E-state index contributed by atoms with van der Waals surface area (Å²) in [7, 11) is 0. The van der Waals surface area contributed by atoms with Crippen molar-refractivity contribution in [2.45, 2.75) is 37.5 Å². The average molecular weight is 321 g/mol. The van der Waals surface area contributed by atoms with Gasteiger partial charge in [-0.15, -0.1) is 0 Å². The van der Waals surface area contributed by atoms with Crippen molar-refractivity contribution < 1.29 is 4.39 Å². The first-order valence-corrected chi connectivity index (χ1v) is 7.11. The topological polar surface area (TPSA) is 26.0 Å². The van der Waals surface area contributed by atoms with Crippen molar-refractivity contribution in [3.63, 3.8) is 0 Å². The minimum absolute atomic E-state index is 0.0158. The van der Waals surface area contributed by atoms with E-state index in [2.05, 4.69) is 15.9 Å². The first-order valence-electron chi connectivity index (χ1n) is 5.94. The van der Waals surface area contributed by atoms with Crippen LogP contribution in [0.15, 0.2) is 16.6 Å². The van der Waals surface area contributed by atoms with Gasteiger partial charge in [-0.2, -0.15) is 0 Å². The lowest BCUT2D eigenvalue weighted by atomic mass is 9.69. The minimum Gasteiger partial charge on any atom is -0.330 e. The molecule has 1 aromatic carbocycles. The fourth-order valence-corrected chi connectivity index (χ4v) is 3.49. The van der Waals surface area contributed by atoms with Crippen LogP contribution in [-0.2, 0) is 5.41 Å². The van der Waals surface area contributed by atoms with Crippen LogP contribution in [0.3, 0.4) is 0 Å². The minimum atomic E-state index is -0.390. The van der Waals surface area contributed by atoms with Crippen LogP contribution in [0.1, 0.15) is 37.7 Å². The van der Waals surface area contributed by atoms with Gasteiger partial charge in [0, 0.05) is 12.0 Å². The molecule has 94 valence electrons. The summed E-state index contributed by atoms with van der Waals surface area (Å²) >= 11 is 9.13. The van der Waals surface area contributed by atoms with Crippen LogP contribution in [0.4, 0.5) is 4.39 Å². The molecule has 1 saturated carbocycles. The van der Waals surface area contributed by atoms with Crippen molar-refractivity contribution >= 4 is 27.5 Å². The van der Waals surface area contributed by atoms with Gasteiger partial charge in [-0.05, 0) is 46.5 Å². The second kappa shape index (κ2) is 5.25. The van der Waals surface area contributed by atoms with Crippen molar-refractivity contribution in [3.05, 3.63) is 33.0 Å². The highest BCUT2D eigenvalue weighted by atomic mass is 79.9. The van der Waals surface area contributed by atoms with E-state index in [4.69, 9.17) is 17.3 Å². The van der Waals surface area contributed by atoms with Gasteiger partial charge in [-0.3, -0.25) is 0 Å². The van der Waals surface area contributed by atoms with E-state index < -0.39 is 5.82 Å². The van der Waals surface area contributed by atoms with Gasteiger partial charge in [0.15, 0.2) is 5.82 Å². The van der Waals surface area contributed by atoms with Crippen LogP contribution in [0, 0.1) is 5.82 Å². The van der Waals surface area contributed by atoms with Gasteiger partial charge in [-0.25, -0.2) is 4.39 Å². The zero-order chi connectivity index (χ0) is 12.5. The van der Waals surface area contributed by atoms with E-state index in [1.54, 1.807) is 6.07 Å². The van der Waals surface area contributed by atoms with Crippen molar-refractivity contribution in [2.75, 3.05) is 6.54 Å². The molecule has 1 fully saturated rings. The molecule has 1 aliphatic rings. The summed E-state index contributed by atoms with van der Waals surface area (Å²) in [5.41, 5.74) is 7.01. The molecule has 0 spiro atoms. The smallest absolute Gasteiger partial charge is 0.155 e. The molecule has 1 nitrogen and oxygen atoms in total. The number of hydrogen-bond acceptors (Lipinski definition) is 1. The molecule has 0 atom stereocenters. The maximum absolute atomic E-state index is 13.5. The predicted octanol–water partition coefficient (Wildman–Crippen LogP) is 4.40. The third-order valence-electron chi connectivity index (χ3n) is 3.80. The lowest BCUT2D eigenvalue weighted by Crippen LogP contribution is -2.37. The third-order valence-corrected chi connectivity index (χ3v) is 4.65. The molecule has 2 N–H and O–H groups in total. The molecule has 0 unspecified atom stereocenters. The summed E-state index contributed by atoms with van der Waals surface area (Å²) < 4.78 is 13.9. The monoisotopic (exact) mass is 319 g/mol. The van der Waals surface area contributed by atoms with E-state index in [0.29, 0.717) is 11.0 Å². The second-order valence-electron chi connectivity index (χ2n) is 4.80. The Balaban J connectivity index is 2.43. The molecule has 0 radical (unpaired) electrons. The number of benzene rings is 1. The van der Waals surface area contributed by atoms with Crippen molar-refractivity contribution in [1.82, 2.24) is 0 Å². The molecular weight excluding hydrogens is 305 g/mol. The fourth-order valence-electron chi connectivity index (χ4n) is 2.70. The van der Waals surface area contributed by atoms with E-state index in [1.807, 2.05) is 6.07 Å². The summed E-state index contributed by atoms with van der Waals surface area (Å²) in [5.74, 6) is -0.390. The van der Waals surface area contributed by atoms with E-state index in [1.165, 1.54) is 19.3 Å². The van der Waals surface area contributed by atoms with Crippen LogP contribution in [0.25, 0.3) is 0 Å². The van der Waals surface area contributed by atoms with Gasteiger partial charge in [-0.1, -0.05) is 30.9 Å². The summed E-state index contributed by atoms with van der Waals surface area (Å²) in [6.07, 6.45) is 5.77. The summed E-state index contributed by atoms with van der Waals surface area (Å²) in [4.78, 5) is 0. The molecule has 17 heavy (non-hydrogen) atoms. The van der Waals surface area contributed by atoms with Crippen molar-refractivity contribution in [1.29, 1.82) is 0 Å².